The highest BCUT2D eigenvalue weighted by atomic mass is 35.5. The van der Waals surface area contributed by atoms with E-state index in [1.165, 1.54) is 10.9 Å². The Morgan fingerprint density at radius 1 is 1.27 bits per heavy atom. The van der Waals surface area contributed by atoms with Gasteiger partial charge in [-0.3, -0.25) is 14.4 Å². The number of anilines is 2. The molecule has 2 aromatic rings. The number of nitrogens with one attached hydrogen (secondary N) is 1. The third kappa shape index (κ3) is 4.99. The van der Waals surface area contributed by atoms with E-state index in [-0.39, 0.29) is 29.8 Å². The Balaban J connectivity index is 1.76. The third-order valence-corrected chi connectivity index (χ3v) is 5.49. The highest BCUT2D eigenvalue weighted by molar-refractivity contribution is 6.31. The van der Waals surface area contributed by atoms with Crippen molar-refractivity contribution < 1.29 is 14.3 Å². The van der Waals surface area contributed by atoms with E-state index < -0.39 is 0 Å². The van der Waals surface area contributed by atoms with Crippen LogP contribution in [-0.2, 0) is 27.8 Å². The predicted molar refractivity (Wildman–Crippen MR) is 115 cm³/mol. The van der Waals surface area contributed by atoms with Gasteiger partial charge in [0, 0.05) is 25.2 Å². The maximum absolute atomic E-state index is 12.8. The van der Waals surface area contributed by atoms with Crippen molar-refractivity contribution in [2.45, 2.75) is 26.2 Å². The second-order valence-corrected chi connectivity index (χ2v) is 7.57. The van der Waals surface area contributed by atoms with Gasteiger partial charge in [0.1, 0.15) is 5.69 Å². The van der Waals surface area contributed by atoms with Crippen molar-refractivity contribution >= 4 is 34.9 Å². The first-order valence-corrected chi connectivity index (χ1v) is 10.3. The number of aromatic nitrogens is 2. The number of halogens is 1. The molecule has 0 aliphatic carbocycles. The lowest BCUT2D eigenvalue weighted by Crippen LogP contribution is -2.41. The number of carbonyl (C=O) groups excluding carboxylic acids is 2. The predicted octanol–water partition coefficient (Wildman–Crippen LogP) is 2.39. The minimum absolute atomic E-state index is 0.0826. The Kier molecular flexibility index (Phi) is 7.10. The van der Waals surface area contributed by atoms with Crippen LogP contribution in [0, 0.1) is 5.92 Å². The summed E-state index contributed by atoms with van der Waals surface area (Å²) in [5, 5.41) is 7.35. The summed E-state index contributed by atoms with van der Waals surface area (Å²) >= 11 is 6.14. The van der Waals surface area contributed by atoms with E-state index in [9.17, 15) is 14.4 Å². The molecule has 9 heteroatoms. The van der Waals surface area contributed by atoms with Crippen LogP contribution < -0.4 is 15.8 Å². The van der Waals surface area contributed by atoms with Gasteiger partial charge in [-0.2, -0.15) is 5.10 Å². The number of hydrogen-bond donors (Lipinski definition) is 1. The lowest BCUT2D eigenvalue weighted by Gasteiger charge is -2.33. The number of carbonyl (C=O) groups is 2. The number of piperidine rings is 1. The molecule has 8 nitrogen and oxygen atoms in total. The van der Waals surface area contributed by atoms with Gasteiger partial charge in [-0.25, -0.2) is 4.68 Å². The molecule has 0 atom stereocenters. The number of benzene rings is 1. The van der Waals surface area contributed by atoms with E-state index in [1.54, 1.807) is 32.2 Å². The van der Waals surface area contributed by atoms with Crippen LogP contribution in [0.4, 0.5) is 11.4 Å². The highest BCUT2D eigenvalue weighted by Crippen LogP contribution is 2.27. The summed E-state index contributed by atoms with van der Waals surface area (Å²) < 4.78 is 6.34. The van der Waals surface area contributed by atoms with Gasteiger partial charge < -0.3 is 15.0 Å². The molecule has 1 N–H and O–H groups in total. The molecule has 160 valence electrons. The van der Waals surface area contributed by atoms with Crippen molar-refractivity contribution in [3.05, 3.63) is 51.4 Å². The Morgan fingerprint density at radius 3 is 2.63 bits per heavy atom. The second kappa shape index (κ2) is 9.75. The molecular weight excluding hydrogens is 408 g/mol. The highest BCUT2D eigenvalue weighted by Gasteiger charge is 2.29. The van der Waals surface area contributed by atoms with E-state index in [4.69, 9.17) is 16.3 Å². The SMILES string of the molecule is CCOC(=O)C1CCN(c2c(NC(=O)Cc3ccccc3Cl)cnn(C)c2=O)CC1. The monoisotopic (exact) mass is 432 g/mol. The number of hydrogen-bond acceptors (Lipinski definition) is 6. The van der Waals surface area contributed by atoms with Crippen LogP contribution in [0.15, 0.2) is 35.3 Å². The number of nitrogens with zero attached hydrogens (tertiary/aromatic N) is 3. The van der Waals surface area contributed by atoms with Crippen molar-refractivity contribution in [1.29, 1.82) is 0 Å². The zero-order valence-electron chi connectivity index (χ0n) is 17.1. The Labute approximate surface area is 179 Å². The standard InChI is InChI=1S/C21H25ClN4O4/c1-3-30-21(29)14-8-10-26(11-9-14)19-17(13-23-25(2)20(19)28)24-18(27)12-15-6-4-5-7-16(15)22/h4-7,13-14H,3,8-12H2,1-2H3,(H,24,27). The van der Waals surface area contributed by atoms with Gasteiger partial charge in [0.15, 0.2) is 0 Å². The minimum atomic E-state index is -0.305. The molecule has 1 aromatic heterocycles. The third-order valence-electron chi connectivity index (χ3n) is 5.13. The Morgan fingerprint density at radius 2 is 1.97 bits per heavy atom. The van der Waals surface area contributed by atoms with E-state index in [0.717, 1.165) is 0 Å². The summed E-state index contributed by atoms with van der Waals surface area (Å²) in [5.41, 5.74) is 1.12. The summed E-state index contributed by atoms with van der Waals surface area (Å²) in [6, 6.07) is 7.12. The summed E-state index contributed by atoms with van der Waals surface area (Å²) in [4.78, 5) is 39.3. The number of aryl methyl sites for hydroxylation is 1. The second-order valence-electron chi connectivity index (χ2n) is 7.17. The molecule has 0 radical (unpaired) electrons. The van der Waals surface area contributed by atoms with E-state index >= 15 is 0 Å². The van der Waals surface area contributed by atoms with Crippen molar-refractivity contribution in [3.8, 4) is 0 Å². The van der Waals surface area contributed by atoms with Crippen molar-refractivity contribution in [2.75, 3.05) is 29.9 Å². The molecule has 1 aliphatic heterocycles. The van der Waals surface area contributed by atoms with Gasteiger partial charge in [-0.15, -0.1) is 0 Å². The molecule has 1 amide bonds. The van der Waals surface area contributed by atoms with Gasteiger partial charge in [0.05, 0.1) is 30.8 Å². The fourth-order valence-electron chi connectivity index (χ4n) is 3.53. The Hall–Kier alpha value is -2.87. The van der Waals surface area contributed by atoms with E-state index in [1.807, 2.05) is 11.0 Å². The summed E-state index contributed by atoms with van der Waals surface area (Å²) in [6.45, 7) is 3.16. The van der Waals surface area contributed by atoms with Crippen molar-refractivity contribution in [1.82, 2.24) is 9.78 Å². The lowest BCUT2D eigenvalue weighted by molar-refractivity contribution is -0.148. The molecule has 3 rings (SSSR count). The molecule has 1 aliphatic rings. The number of amides is 1. The van der Waals surface area contributed by atoms with Crippen LogP contribution in [0.1, 0.15) is 25.3 Å². The van der Waals surface area contributed by atoms with Crippen LogP contribution in [-0.4, -0.2) is 41.4 Å². The largest absolute Gasteiger partial charge is 0.466 e. The fraction of sp³-hybridized carbons (Fsp3) is 0.429. The maximum Gasteiger partial charge on any atom is 0.309 e. The normalized spacial score (nSPS) is 14.4. The van der Waals surface area contributed by atoms with Crippen LogP contribution in [0.25, 0.3) is 0 Å². The van der Waals surface area contributed by atoms with Gasteiger partial charge in [0.2, 0.25) is 5.91 Å². The van der Waals surface area contributed by atoms with Crippen LogP contribution in [0.2, 0.25) is 5.02 Å². The Bertz CT molecular complexity index is 983. The summed E-state index contributed by atoms with van der Waals surface area (Å²) in [6.07, 6.45) is 2.71. The zero-order valence-corrected chi connectivity index (χ0v) is 17.8. The first-order valence-electron chi connectivity index (χ1n) is 9.91. The molecule has 1 aromatic carbocycles. The molecule has 0 spiro atoms. The van der Waals surface area contributed by atoms with Crippen molar-refractivity contribution in [2.24, 2.45) is 13.0 Å². The average molecular weight is 433 g/mol. The van der Waals surface area contributed by atoms with Crippen LogP contribution in [0.3, 0.4) is 0 Å². The summed E-state index contributed by atoms with van der Waals surface area (Å²) in [7, 11) is 1.56. The molecule has 1 fully saturated rings. The smallest absolute Gasteiger partial charge is 0.309 e. The van der Waals surface area contributed by atoms with E-state index in [2.05, 4.69) is 10.4 Å². The van der Waals surface area contributed by atoms with Gasteiger partial charge in [-0.1, -0.05) is 29.8 Å². The topological polar surface area (TPSA) is 93.5 Å². The minimum Gasteiger partial charge on any atom is -0.466 e. The van der Waals surface area contributed by atoms with E-state index in [0.29, 0.717) is 54.5 Å². The van der Waals surface area contributed by atoms with Gasteiger partial charge >= 0.3 is 5.97 Å². The first-order chi connectivity index (χ1) is 14.4. The van der Waals surface area contributed by atoms with Gasteiger partial charge in [-0.05, 0) is 31.4 Å². The summed E-state index contributed by atoms with van der Waals surface area (Å²) in [5.74, 6) is -0.668. The fourth-order valence-corrected chi connectivity index (χ4v) is 3.73. The van der Waals surface area contributed by atoms with Crippen LogP contribution in [0.5, 0.6) is 0 Å². The zero-order chi connectivity index (χ0) is 21.7. The molecule has 0 saturated carbocycles. The molecular formula is C21H25ClN4O4. The number of rotatable bonds is 6. The molecule has 2 heterocycles. The van der Waals surface area contributed by atoms with Gasteiger partial charge in [0.25, 0.3) is 5.56 Å². The quantitative estimate of drug-likeness (QED) is 0.704. The van der Waals surface area contributed by atoms with Crippen molar-refractivity contribution in [3.63, 3.8) is 0 Å². The lowest BCUT2D eigenvalue weighted by atomic mass is 9.96. The first kappa shape index (κ1) is 21.8. The molecule has 0 bridgehead atoms. The molecule has 0 unspecified atom stereocenters. The maximum atomic E-state index is 12.8. The molecule has 1 saturated heterocycles. The number of ether oxygens (including phenoxy) is 1. The average Bonchev–Trinajstić information content (AvgIpc) is 2.73. The van der Waals surface area contributed by atoms with Crippen LogP contribution >= 0.6 is 11.6 Å². The molecule has 30 heavy (non-hydrogen) atoms. The number of esters is 1.